The Morgan fingerprint density at radius 3 is 2.79 bits per heavy atom. The van der Waals surface area contributed by atoms with Gasteiger partial charge in [-0.2, -0.15) is 5.26 Å². The molecule has 1 aromatic carbocycles. The lowest BCUT2D eigenvalue weighted by molar-refractivity contribution is 0.0702. The SMILES string of the molecule is N#Cc1ccc(OCc2ccc(C(=O)O)s2)c(F)c1. The number of carboxylic acids is 1. The number of carbonyl (C=O) groups is 1. The molecule has 0 fully saturated rings. The van der Waals surface area contributed by atoms with Gasteiger partial charge >= 0.3 is 5.97 Å². The van der Waals surface area contributed by atoms with Crippen molar-refractivity contribution >= 4 is 17.3 Å². The van der Waals surface area contributed by atoms with Gasteiger partial charge < -0.3 is 9.84 Å². The van der Waals surface area contributed by atoms with Crippen molar-refractivity contribution in [3.05, 3.63) is 51.5 Å². The van der Waals surface area contributed by atoms with E-state index in [1.165, 1.54) is 18.2 Å². The lowest BCUT2D eigenvalue weighted by Gasteiger charge is -2.05. The third-order valence-corrected chi connectivity index (χ3v) is 3.35. The summed E-state index contributed by atoms with van der Waals surface area (Å²) in [6, 6.07) is 8.84. The molecule has 1 aromatic heterocycles. The summed E-state index contributed by atoms with van der Waals surface area (Å²) >= 11 is 1.07. The highest BCUT2D eigenvalue weighted by atomic mass is 32.1. The van der Waals surface area contributed by atoms with Crippen molar-refractivity contribution < 1.29 is 19.0 Å². The standard InChI is InChI=1S/C13H8FNO3S/c14-10-5-8(6-15)1-3-11(10)18-7-9-2-4-12(19-9)13(16)17/h1-5H,7H2,(H,16,17). The Labute approximate surface area is 112 Å². The lowest BCUT2D eigenvalue weighted by Crippen LogP contribution is -1.96. The van der Waals surface area contributed by atoms with Crippen LogP contribution in [0.2, 0.25) is 0 Å². The number of benzene rings is 1. The molecule has 96 valence electrons. The normalized spacial score (nSPS) is 9.89. The molecule has 0 amide bonds. The second-order valence-electron chi connectivity index (χ2n) is 3.62. The quantitative estimate of drug-likeness (QED) is 0.932. The van der Waals surface area contributed by atoms with E-state index in [2.05, 4.69) is 0 Å². The maximum atomic E-state index is 13.5. The highest BCUT2D eigenvalue weighted by Gasteiger charge is 2.09. The number of nitriles is 1. The van der Waals surface area contributed by atoms with Crippen LogP contribution in [0, 0.1) is 17.1 Å². The van der Waals surface area contributed by atoms with Gasteiger partial charge in [-0.05, 0) is 30.3 Å². The maximum Gasteiger partial charge on any atom is 0.345 e. The number of carboxylic acid groups (broad SMARTS) is 1. The number of rotatable bonds is 4. The summed E-state index contributed by atoms with van der Waals surface area (Å²) in [5.41, 5.74) is 0.217. The third kappa shape index (κ3) is 3.09. The van der Waals surface area contributed by atoms with E-state index >= 15 is 0 Å². The van der Waals surface area contributed by atoms with Gasteiger partial charge in [-0.25, -0.2) is 9.18 Å². The minimum absolute atomic E-state index is 0.0317. The molecule has 0 atom stereocenters. The van der Waals surface area contributed by atoms with Gasteiger partial charge in [0.25, 0.3) is 0 Å². The van der Waals surface area contributed by atoms with Crippen LogP contribution in [0.1, 0.15) is 20.1 Å². The summed E-state index contributed by atoms with van der Waals surface area (Å²) in [5, 5.41) is 17.4. The van der Waals surface area contributed by atoms with Gasteiger partial charge in [0.05, 0.1) is 11.6 Å². The van der Waals surface area contributed by atoms with Gasteiger partial charge in [-0.3, -0.25) is 0 Å². The first kappa shape index (κ1) is 13.1. The highest BCUT2D eigenvalue weighted by Crippen LogP contribution is 2.22. The number of nitrogens with zero attached hydrogens (tertiary/aromatic N) is 1. The molecule has 4 nitrogen and oxygen atoms in total. The fraction of sp³-hybridized carbons (Fsp3) is 0.0769. The molecule has 6 heteroatoms. The summed E-state index contributed by atoms with van der Waals surface area (Å²) in [7, 11) is 0. The van der Waals surface area contributed by atoms with Crippen molar-refractivity contribution in [2.75, 3.05) is 0 Å². The Morgan fingerprint density at radius 2 is 2.21 bits per heavy atom. The topological polar surface area (TPSA) is 70.3 Å². The van der Waals surface area contributed by atoms with Crippen LogP contribution < -0.4 is 4.74 Å². The Balaban J connectivity index is 2.06. The molecule has 0 unspecified atom stereocenters. The average molecular weight is 277 g/mol. The van der Waals surface area contributed by atoms with Gasteiger partial charge in [0.1, 0.15) is 11.5 Å². The molecule has 19 heavy (non-hydrogen) atoms. The number of hydrogen-bond acceptors (Lipinski definition) is 4. The molecular formula is C13H8FNO3S. The van der Waals surface area contributed by atoms with Crippen LogP contribution in [0.15, 0.2) is 30.3 Å². The molecule has 0 saturated heterocycles. The molecule has 0 radical (unpaired) electrons. The monoisotopic (exact) mass is 277 g/mol. The summed E-state index contributed by atoms with van der Waals surface area (Å²) in [6.07, 6.45) is 0. The van der Waals surface area contributed by atoms with Crippen LogP contribution in [0.4, 0.5) is 4.39 Å². The van der Waals surface area contributed by atoms with E-state index in [0.29, 0.717) is 4.88 Å². The van der Waals surface area contributed by atoms with Gasteiger partial charge in [-0.15, -0.1) is 11.3 Å². The van der Waals surface area contributed by atoms with Crippen molar-refractivity contribution in [2.24, 2.45) is 0 Å². The van der Waals surface area contributed by atoms with E-state index in [4.69, 9.17) is 15.1 Å². The van der Waals surface area contributed by atoms with Crippen molar-refractivity contribution in [3.8, 4) is 11.8 Å². The second-order valence-corrected chi connectivity index (χ2v) is 4.79. The zero-order valence-corrected chi connectivity index (χ0v) is 10.4. The second kappa shape index (κ2) is 5.50. The molecule has 0 bridgehead atoms. The van der Waals surface area contributed by atoms with Gasteiger partial charge in [-0.1, -0.05) is 0 Å². The largest absolute Gasteiger partial charge is 0.485 e. The van der Waals surface area contributed by atoms with E-state index in [-0.39, 0.29) is 22.8 Å². The molecule has 0 spiro atoms. The van der Waals surface area contributed by atoms with Crippen LogP contribution in [-0.4, -0.2) is 11.1 Å². The Morgan fingerprint density at radius 1 is 1.42 bits per heavy atom. The fourth-order valence-electron chi connectivity index (χ4n) is 1.41. The summed E-state index contributed by atoms with van der Waals surface area (Å²) in [5.74, 6) is -1.58. The first-order valence-electron chi connectivity index (χ1n) is 5.24. The zero-order chi connectivity index (χ0) is 13.8. The molecule has 1 N–H and O–H groups in total. The first-order valence-corrected chi connectivity index (χ1v) is 6.06. The van der Waals surface area contributed by atoms with E-state index in [0.717, 1.165) is 17.4 Å². The minimum Gasteiger partial charge on any atom is -0.485 e. The Bertz CT molecular complexity index is 660. The fourth-order valence-corrected chi connectivity index (χ4v) is 2.17. The summed E-state index contributed by atoms with van der Waals surface area (Å²) < 4.78 is 18.8. The molecule has 0 aliphatic heterocycles. The molecule has 1 heterocycles. The van der Waals surface area contributed by atoms with Crippen molar-refractivity contribution in [3.63, 3.8) is 0 Å². The predicted molar refractivity (Wildman–Crippen MR) is 66.7 cm³/mol. The number of hydrogen-bond donors (Lipinski definition) is 1. The lowest BCUT2D eigenvalue weighted by atomic mass is 10.2. The minimum atomic E-state index is -0.999. The summed E-state index contributed by atoms with van der Waals surface area (Å²) in [4.78, 5) is 11.6. The van der Waals surface area contributed by atoms with Crippen LogP contribution >= 0.6 is 11.3 Å². The number of ether oxygens (including phenoxy) is 1. The van der Waals surface area contributed by atoms with Gasteiger partial charge in [0.2, 0.25) is 0 Å². The molecule has 2 rings (SSSR count). The molecule has 0 saturated carbocycles. The zero-order valence-electron chi connectivity index (χ0n) is 9.59. The number of halogens is 1. The number of aromatic carboxylic acids is 1. The first-order chi connectivity index (χ1) is 9.10. The smallest absolute Gasteiger partial charge is 0.345 e. The van der Waals surface area contributed by atoms with E-state index < -0.39 is 11.8 Å². The van der Waals surface area contributed by atoms with Crippen LogP contribution in [0.25, 0.3) is 0 Å². The Hall–Kier alpha value is -2.39. The van der Waals surface area contributed by atoms with Crippen LogP contribution in [0.3, 0.4) is 0 Å². The number of thiophene rings is 1. The molecule has 2 aromatic rings. The van der Waals surface area contributed by atoms with Crippen LogP contribution in [0.5, 0.6) is 5.75 Å². The van der Waals surface area contributed by atoms with Crippen molar-refractivity contribution in [1.82, 2.24) is 0 Å². The molecule has 0 aliphatic rings. The Kier molecular flexibility index (Phi) is 3.78. The average Bonchev–Trinajstić information content (AvgIpc) is 2.86. The van der Waals surface area contributed by atoms with E-state index in [9.17, 15) is 9.18 Å². The van der Waals surface area contributed by atoms with Crippen molar-refractivity contribution in [1.29, 1.82) is 5.26 Å². The highest BCUT2D eigenvalue weighted by molar-refractivity contribution is 7.13. The van der Waals surface area contributed by atoms with Gasteiger partial charge in [0.15, 0.2) is 11.6 Å². The van der Waals surface area contributed by atoms with E-state index in [1.54, 1.807) is 6.07 Å². The van der Waals surface area contributed by atoms with Crippen LogP contribution in [-0.2, 0) is 6.61 Å². The third-order valence-electron chi connectivity index (χ3n) is 2.30. The van der Waals surface area contributed by atoms with Crippen molar-refractivity contribution in [2.45, 2.75) is 6.61 Å². The predicted octanol–water partition coefficient (Wildman–Crippen LogP) is 3.04. The maximum absolute atomic E-state index is 13.5. The summed E-state index contributed by atoms with van der Waals surface area (Å²) in [6.45, 7) is 0.0841. The molecular weight excluding hydrogens is 269 g/mol. The van der Waals surface area contributed by atoms with Gasteiger partial charge in [0, 0.05) is 4.88 Å². The van der Waals surface area contributed by atoms with E-state index in [1.807, 2.05) is 6.07 Å². The molecule has 0 aliphatic carbocycles.